The van der Waals surface area contributed by atoms with E-state index in [-0.39, 0.29) is 23.3 Å². The van der Waals surface area contributed by atoms with Crippen LogP contribution in [0, 0.1) is 5.92 Å². The first kappa shape index (κ1) is 21.7. The lowest BCUT2D eigenvalue weighted by Gasteiger charge is -2.21. The number of rotatable bonds is 7. The lowest BCUT2D eigenvalue weighted by Crippen LogP contribution is -2.34. The summed E-state index contributed by atoms with van der Waals surface area (Å²) in [6, 6.07) is 4.71. The molecular formula is C14H24BrClN2O3S. The minimum absolute atomic E-state index is 0. The Morgan fingerprint density at radius 1 is 1.36 bits per heavy atom. The molecule has 1 atom stereocenters. The summed E-state index contributed by atoms with van der Waals surface area (Å²) in [5, 5.41) is 0. The van der Waals surface area contributed by atoms with E-state index in [2.05, 4.69) is 15.9 Å². The Bertz CT molecular complexity index is 581. The zero-order chi connectivity index (χ0) is 16.2. The molecule has 0 fully saturated rings. The van der Waals surface area contributed by atoms with Gasteiger partial charge in [0.25, 0.3) is 0 Å². The number of nitrogens with two attached hydrogens (primary N) is 1. The van der Waals surface area contributed by atoms with Crippen LogP contribution in [0.2, 0.25) is 0 Å². The Kier molecular flexibility index (Phi) is 8.94. The zero-order valence-electron chi connectivity index (χ0n) is 13.2. The van der Waals surface area contributed by atoms with Crippen molar-refractivity contribution in [3.63, 3.8) is 0 Å². The molecule has 0 saturated heterocycles. The van der Waals surface area contributed by atoms with Crippen LogP contribution >= 0.6 is 28.3 Å². The van der Waals surface area contributed by atoms with Gasteiger partial charge in [-0.15, -0.1) is 12.4 Å². The van der Waals surface area contributed by atoms with Gasteiger partial charge in [-0.2, -0.15) is 0 Å². The third-order valence-corrected chi connectivity index (χ3v) is 5.94. The van der Waals surface area contributed by atoms with E-state index in [0.29, 0.717) is 29.1 Å². The van der Waals surface area contributed by atoms with Gasteiger partial charge in [0.1, 0.15) is 5.75 Å². The van der Waals surface area contributed by atoms with Crippen molar-refractivity contribution in [1.82, 2.24) is 4.31 Å². The molecular weight excluding hydrogens is 392 g/mol. The fourth-order valence-electron chi connectivity index (χ4n) is 1.77. The largest absolute Gasteiger partial charge is 0.496 e. The van der Waals surface area contributed by atoms with Crippen LogP contribution in [0.5, 0.6) is 5.75 Å². The van der Waals surface area contributed by atoms with E-state index in [1.165, 1.54) is 17.5 Å². The molecule has 0 heterocycles. The number of hydrogen-bond donors (Lipinski definition) is 1. The first-order valence-electron chi connectivity index (χ1n) is 6.75. The SMILES string of the molecule is COc1ccc(S(=O)(=O)N(C)CCC(N)C(C)C)cc1Br.Cl. The molecule has 0 saturated carbocycles. The standard InChI is InChI=1S/C14H23BrN2O3S.ClH/c1-10(2)13(16)7-8-17(3)21(18,19)11-5-6-14(20-4)12(15)9-11;/h5-6,9-10,13H,7-8,16H2,1-4H3;1H. The van der Waals surface area contributed by atoms with Crippen LogP contribution in [-0.2, 0) is 10.0 Å². The summed E-state index contributed by atoms with van der Waals surface area (Å²) >= 11 is 3.30. The molecule has 0 bridgehead atoms. The third-order valence-electron chi connectivity index (χ3n) is 3.47. The summed E-state index contributed by atoms with van der Waals surface area (Å²) in [6.45, 7) is 4.45. The third kappa shape index (κ3) is 5.38. The highest BCUT2D eigenvalue weighted by molar-refractivity contribution is 9.10. The van der Waals surface area contributed by atoms with E-state index in [0.717, 1.165) is 0 Å². The lowest BCUT2D eigenvalue weighted by molar-refractivity contribution is 0.397. The molecule has 8 heteroatoms. The normalized spacial score (nSPS) is 13.1. The summed E-state index contributed by atoms with van der Waals surface area (Å²) < 4.78 is 32.0. The predicted octanol–water partition coefficient (Wildman–Crippen LogP) is 2.87. The second kappa shape index (κ2) is 9.08. The molecule has 22 heavy (non-hydrogen) atoms. The van der Waals surface area contributed by atoms with Crippen molar-refractivity contribution in [2.24, 2.45) is 11.7 Å². The Morgan fingerprint density at radius 2 is 1.95 bits per heavy atom. The van der Waals surface area contributed by atoms with Crippen LogP contribution in [-0.4, -0.2) is 39.5 Å². The van der Waals surface area contributed by atoms with Gasteiger partial charge in [0.2, 0.25) is 10.0 Å². The minimum Gasteiger partial charge on any atom is -0.496 e. The number of benzene rings is 1. The fourth-order valence-corrected chi connectivity index (χ4v) is 3.68. The van der Waals surface area contributed by atoms with Gasteiger partial charge in [-0.3, -0.25) is 0 Å². The Morgan fingerprint density at radius 3 is 2.41 bits per heavy atom. The molecule has 0 aliphatic rings. The number of halogens is 2. The molecule has 2 N–H and O–H groups in total. The molecule has 0 spiro atoms. The summed E-state index contributed by atoms with van der Waals surface area (Å²) in [7, 11) is -0.410. The van der Waals surface area contributed by atoms with E-state index in [1.807, 2.05) is 13.8 Å². The number of hydrogen-bond acceptors (Lipinski definition) is 4. The molecule has 5 nitrogen and oxygen atoms in total. The molecule has 1 aromatic rings. The smallest absolute Gasteiger partial charge is 0.242 e. The Hall–Kier alpha value is -0.340. The molecule has 0 aliphatic heterocycles. The van der Waals surface area contributed by atoms with Crippen molar-refractivity contribution in [2.45, 2.75) is 31.2 Å². The molecule has 0 aromatic heterocycles. The number of nitrogens with zero attached hydrogens (tertiary/aromatic N) is 1. The Balaban J connectivity index is 0.00000441. The van der Waals surface area contributed by atoms with Crippen LogP contribution in [0.15, 0.2) is 27.6 Å². The highest BCUT2D eigenvalue weighted by Gasteiger charge is 2.22. The van der Waals surface area contributed by atoms with Gasteiger partial charge in [0.15, 0.2) is 0 Å². The number of ether oxygens (including phenoxy) is 1. The summed E-state index contributed by atoms with van der Waals surface area (Å²) in [6.07, 6.45) is 0.630. The van der Waals surface area contributed by atoms with Gasteiger partial charge in [-0.1, -0.05) is 13.8 Å². The maximum absolute atomic E-state index is 12.5. The van der Waals surface area contributed by atoms with Gasteiger partial charge in [-0.25, -0.2) is 12.7 Å². The van der Waals surface area contributed by atoms with E-state index in [4.69, 9.17) is 10.5 Å². The van der Waals surface area contributed by atoms with Crippen molar-refractivity contribution in [1.29, 1.82) is 0 Å². The summed E-state index contributed by atoms with van der Waals surface area (Å²) in [4.78, 5) is 0.232. The van der Waals surface area contributed by atoms with Crippen molar-refractivity contribution < 1.29 is 13.2 Å². The maximum Gasteiger partial charge on any atom is 0.242 e. The van der Waals surface area contributed by atoms with Crippen LogP contribution in [0.4, 0.5) is 0 Å². The average molecular weight is 416 g/mol. The van der Waals surface area contributed by atoms with E-state index >= 15 is 0 Å². The average Bonchev–Trinajstić information content (AvgIpc) is 2.43. The first-order chi connectivity index (χ1) is 9.70. The van der Waals surface area contributed by atoms with Crippen molar-refractivity contribution in [2.75, 3.05) is 20.7 Å². The summed E-state index contributed by atoms with van der Waals surface area (Å²) in [5.41, 5.74) is 5.96. The molecule has 1 unspecified atom stereocenters. The van der Waals surface area contributed by atoms with Gasteiger partial charge in [0, 0.05) is 19.6 Å². The first-order valence-corrected chi connectivity index (χ1v) is 8.99. The number of methoxy groups -OCH3 is 1. The van der Waals surface area contributed by atoms with E-state index in [9.17, 15) is 8.42 Å². The topological polar surface area (TPSA) is 72.6 Å². The monoisotopic (exact) mass is 414 g/mol. The maximum atomic E-state index is 12.5. The van der Waals surface area contributed by atoms with Gasteiger partial charge < -0.3 is 10.5 Å². The highest BCUT2D eigenvalue weighted by atomic mass is 79.9. The molecule has 0 radical (unpaired) electrons. The van der Waals surface area contributed by atoms with Gasteiger partial charge >= 0.3 is 0 Å². The van der Waals surface area contributed by atoms with Crippen LogP contribution in [0.3, 0.4) is 0 Å². The molecule has 128 valence electrons. The number of sulfonamides is 1. The van der Waals surface area contributed by atoms with Crippen LogP contribution in [0.1, 0.15) is 20.3 Å². The van der Waals surface area contributed by atoms with Crippen molar-refractivity contribution in [3.8, 4) is 5.75 Å². The second-order valence-electron chi connectivity index (χ2n) is 5.32. The quantitative estimate of drug-likeness (QED) is 0.743. The summed E-state index contributed by atoms with van der Waals surface area (Å²) in [5.74, 6) is 0.926. The predicted molar refractivity (Wildman–Crippen MR) is 95.2 cm³/mol. The molecule has 0 aliphatic carbocycles. The molecule has 1 rings (SSSR count). The molecule has 0 amide bonds. The minimum atomic E-state index is -3.52. The van der Waals surface area contributed by atoms with E-state index < -0.39 is 10.0 Å². The fraction of sp³-hybridized carbons (Fsp3) is 0.571. The second-order valence-corrected chi connectivity index (χ2v) is 8.22. The van der Waals surface area contributed by atoms with Crippen molar-refractivity contribution in [3.05, 3.63) is 22.7 Å². The highest BCUT2D eigenvalue weighted by Crippen LogP contribution is 2.28. The lowest BCUT2D eigenvalue weighted by atomic mass is 10.0. The van der Waals surface area contributed by atoms with E-state index in [1.54, 1.807) is 19.2 Å². The van der Waals surface area contributed by atoms with Gasteiger partial charge in [-0.05, 0) is 46.5 Å². The molecule has 1 aromatic carbocycles. The Labute approximate surface area is 147 Å². The van der Waals surface area contributed by atoms with Crippen LogP contribution in [0.25, 0.3) is 0 Å². The zero-order valence-corrected chi connectivity index (χ0v) is 16.5. The van der Waals surface area contributed by atoms with Crippen LogP contribution < -0.4 is 10.5 Å². The van der Waals surface area contributed by atoms with Gasteiger partial charge in [0.05, 0.1) is 16.5 Å². The van der Waals surface area contributed by atoms with Crippen molar-refractivity contribution >= 4 is 38.4 Å².